The summed E-state index contributed by atoms with van der Waals surface area (Å²) in [5.41, 5.74) is -2.27. The van der Waals surface area contributed by atoms with Crippen LogP contribution in [0.3, 0.4) is 0 Å². The summed E-state index contributed by atoms with van der Waals surface area (Å²) in [6.45, 7) is 8.80. The van der Waals surface area contributed by atoms with Crippen LogP contribution in [0.4, 0.5) is 31.1 Å². The summed E-state index contributed by atoms with van der Waals surface area (Å²) in [7, 11) is 1.36. The van der Waals surface area contributed by atoms with Gasteiger partial charge in [0.15, 0.2) is 0 Å². The van der Waals surface area contributed by atoms with E-state index in [1.807, 2.05) is 6.92 Å². The van der Waals surface area contributed by atoms with Crippen LogP contribution in [0, 0.1) is 18.9 Å². The second-order valence-corrected chi connectivity index (χ2v) is 11.2. The largest absolute Gasteiger partial charge is 0.444 e. The maximum atomic E-state index is 13.8. The number of rotatable bonds is 4. The van der Waals surface area contributed by atoms with E-state index >= 15 is 0 Å². The number of benzene rings is 2. The molecule has 0 bridgehead atoms. The summed E-state index contributed by atoms with van der Waals surface area (Å²) in [6, 6.07) is 8.45. The molecule has 3 rings (SSSR count). The third-order valence-corrected chi connectivity index (χ3v) is 7.12. The number of alkyl halides is 6. The molecule has 0 aromatic heterocycles. The number of nitrogens with zero attached hydrogens (tertiary/aromatic N) is 2. The van der Waals surface area contributed by atoms with Gasteiger partial charge in [-0.15, -0.1) is 5.56 Å². The van der Waals surface area contributed by atoms with Gasteiger partial charge >= 0.3 is 18.4 Å². The summed E-state index contributed by atoms with van der Waals surface area (Å²) in [5.74, 6) is -1.61. The molecule has 0 spiro atoms. The minimum Gasteiger partial charge on any atom is -0.444 e. The fourth-order valence-electron chi connectivity index (χ4n) is 4.89. The molecule has 1 fully saturated rings. The van der Waals surface area contributed by atoms with E-state index < -0.39 is 59.0 Å². The van der Waals surface area contributed by atoms with Crippen LogP contribution in [-0.4, -0.2) is 47.5 Å². The maximum absolute atomic E-state index is 13.8. The number of hydrogen-bond donors (Lipinski definition) is 0. The van der Waals surface area contributed by atoms with E-state index in [0.717, 1.165) is 11.1 Å². The molecule has 0 radical (unpaired) electrons. The molecule has 1 aliphatic rings. The van der Waals surface area contributed by atoms with Gasteiger partial charge in [0.2, 0.25) is 5.91 Å². The maximum Gasteiger partial charge on any atom is 0.416 e. The van der Waals surface area contributed by atoms with Crippen molar-refractivity contribution in [2.24, 2.45) is 5.92 Å². The first-order valence-corrected chi connectivity index (χ1v) is 12.8. The molecule has 1 aliphatic heterocycles. The van der Waals surface area contributed by atoms with Gasteiger partial charge in [-0.3, -0.25) is 4.79 Å². The third-order valence-electron chi connectivity index (χ3n) is 7.12. The smallest absolute Gasteiger partial charge is 0.416 e. The number of hydrogen-bond acceptors (Lipinski definition) is 3. The molecule has 1 saturated heterocycles. The molecule has 0 aliphatic carbocycles. The first-order valence-electron chi connectivity index (χ1n) is 12.8. The standard InChI is InChI=1S/C29H33F6N2O3.W/c1-17-9-7-8-10-22(17)24-16-37(26(39)40-27(3,4)5)12-11-23(24)25(38)36(6)18(2)19-13-20(28(30,31)32)15-21(14-19)29(33,34)35;/h8-10,13-15,18,23-24H,11-12,16H2,1-6H3;/q-1;. The first kappa shape index (κ1) is 34.6. The average molecular weight is 755 g/mol. The minimum absolute atomic E-state index is 0. The number of ether oxygens (including phenoxy) is 1. The van der Waals surface area contributed by atoms with E-state index in [-0.39, 0.29) is 52.2 Å². The molecule has 0 saturated carbocycles. The Kier molecular flexibility index (Phi) is 10.8. The third kappa shape index (κ3) is 8.49. The van der Waals surface area contributed by atoms with Crippen LogP contribution in [0.5, 0.6) is 0 Å². The molecular formula is C29H33F6N2O3W-. The van der Waals surface area contributed by atoms with E-state index in [9.17, 15) is 35.9 Å². The second kappa shape index (κ2) is 12.8. The van der Waals surface area contributed by atoms with Gasteiger partial charge in [-0.25, -0.2) is 4.79 Å². The molecule has 1 heterocycles. The van der Waals surface area contributed by atoms with Gasteiger partial charge in [-0.1, -0.05) is 6.92 Å². The van der Waals surface area contributed by atoms with Crippen molar-refractivity contribution in [1.82, 2.24) is 9.80 Å². The molecule has 2 aromatic carbocycles. The number of halogens is 6. The number of carbonyl (C=O) groups is 2. The van der Waals surface area contributed by atoms with Crippen molar-refractivity contribution in [3.8, 4) is 0 Å². The van der Waals surface area contributed by atoms with E-state index in [4.69, 9.17) is 4.74 Å². The van der Waals surface area contributed by atoms with Crippen molar-refractivity contribution in [3.63, 3.8) is 0 Å². The average Bonchev–Trinajstić information content (AvgIpc) is 2.85. The van der Waals surface area contributed by atoms with E-state index in [2.05, 4.69) is 6.07 Å². The number of amides is 2. The van der Waals surface area contributed by atoms with Gasteiger partial charge in [0.05, 0.1) is 17.2 Å². The van der Waals surface area contributed by atoms with Gasteiger partial charge in [0.25, 0.3) is 0 Å². The van der Waals surface area contributed by atoms with Crippen molar-refractivity contribution in [3.05, 3.63) is 70.3 Å². The predicted octanol–water partition coefficient (Wildman–Crippen LogP) is 7.39. The van der Waals surface area contributed by atoms with E-state index in [1.165, 1.54) is 23.8 Å². The number of piperidine rings is 1. The van der Waals surface area contributed by atoms with Gasteiger partial charge in [-0.05, 0) is 63.8 Å². The molecule has 3 unspecified atom stereocenters. The van der Waals surface area contributed by atoms with Crippen LogP contribution in [0.15, 0.2) is 36.4 Å². The Morgan fingerprint density at radius 3 is 2.10 bits per heavy atom. The Morgan fingerprint density at radius 2 is 1.61 bits per heavy atom. The number of likely N-dealkylation sites (tertiary alicyclic amines) is 1. The number of carbonyl (C=O) groups excluding carboxylic acids is 2. The zero-order valence-electron chi connectivity index (χ0n) is 23.6. The molecule has 2 amide bonds. The summed E-state index contributed by atoms with van der Waals surface area (Å²) in [4.78, 5) is 29.3. The first-order chi connectivity index (χ1) is 18.3. The van der Waals surface area contributed by atoms with Crippen LogP contribution in [0.1, 0.15) is 73.9 Å². The van der Waals surface area contributed by atoms with Crippen molar-refractivity contribution in [2.45, 2.75) is 71.0 Å². The van der Waals surface area contributed by atoms with Gasteiger partial charge < -0.3 is 14.5 Å². The zero-order valence-corrected chi connectivity index (χ0v) is 26.5. The van der Waals surface area contributed by atoms with Gasteiger partial charge in [0.1, 0.15) is 5.60 Å². The second-order valence-electron chi connectivity index (χ2n) is 11.2. The van der Waals surface area contributed by atoms with E-state index in [0.29, 0.717) is 12.1 Å². The zero-order chi connectivity index (χ0) is 30.2. The fourth-order valence-corrected chi connectivity index (χ4v) is 4.89. The molecule has 5 nitrogen and oxygen atoms in total. The quantitative estimate of drug-likeness (QED) is 0.242. The summed E-state index contributed by atoms with van der Waals surface area (Å²) < 4.78 is 86.1. The Balaban J connectivity index is 0.00000588. The molecule has 2 aromatic rings. The number of aryl methyl sites for hydroxylation is 1. The molecule has 0 N–H and O–H groups in total. The fraction of sp³-hybridized carbons (Fsp3) is 0.517. The predicted molar refractivity (Wildman–Crippen MR) is 136 cm³/mol. The normalized spacial score (nSPS) is 18.8. The van der Waals surface area contributed by atoms with Crippen molar-refractivity contribution in [2.75, 3.05) is 20.1 Å². The van der Waals surface area contributed by atoms with Crippen LogP contribution in [0.2, 0.25) is 0 Å². The SMILES string of the molecule is Cc1c[c-]ccc1C1CN(C(=O)OC(C)(C)C)CCC1C(=O)N(C)C(C)c1cc(C(F)(F)F)cc(C(F)(F)F)c1.[W]. The van der Waals surface area contributed by atoms with Crippen LogP contribution < -0.4 is 0 Å². The monoisotopic (exact) mass is 755 g/mol. The summed E-state index contributed by atoms with van der Waals surface area (Å²) in [5, 5.41) is 0. The minimum atomic E-state index is -5.00. The van der Waals surface area contributed by atoms with Crippen LogP contribution in [0.25, 0.3) is 0 Å². The molecule has 12 heteroatoms. The van der Waals surface area contributed by atoms with Crippen molar-refractivity contribution in [1.29, 1.82) is 0 Å². The van der Waals surface area contributed by atoms with Crippen LogP contribution in [-0.2, 0) is 42.9 Å². The van der Waals surface area contributed by atoms with Crippen molar-refractivity contribution >= 4 is 12.0 Å². The molecule has 41 heavy (non-hydrogen) atoms. The summed E-state index contributed by atoms with van der Waals surface area (Å²) in [6.07, 6.45) is -10.3. The van der Waals surface area contributed by atoms with Crippen molar-refractivity contribution < 1.29 is 61.7 Å². The van der Waals surface area contributed by atoms with Gasteiger partial charge in [0, 0.05) is 47.1 Å². The molecule has 3 atom stereocenters. The summed E-state index contributed by atoms with van der Waals surface area (Å²) >= 11 is 0. The Bertz CT molecular complexity index is 1210. The topological polar surface area (TPSA) is 49.9 Å². The molecule has 226 valence electrons. The Labute approximate surface area is 250 Å². The van der Waals surface area contributed by atoms with Gasteiger partial charge in [-0.2, -0.15) is 56.2 Å². The van der Waals surface area contributed by atoms with Crippen LogP contribution >= 0.6 is 0 Å². The molecular weight excluding hydrogens is 722 g/mol. The van der Waals surface area contributed by atoms with E-state index in [1.54, 1.807) is 39.0 Å². The Hall–Kier alpha value is -2.55. The Morgan fingerprint density at radius 1 is 1.05 bits per heavy atom.